The van der Waals surface area contributed by atoms with Crippen molar-refractivity contribution in [1.82, 2.24) is 19.5 Å². The standard InChI is InChI=1S/C12H17N5O2S/c13-4-8-17-10-12(9-15-17)20(18,19)16-7-3-11-1-5-14-6-2-11/h1-2,5-6,9-10,16H,3-4,7-8,13H2. The van der Waals surface area contributed by atoms with Crippen LogP contribution in [-0.2, 0) is 23.0 Å². The molecule has 0 aliphatic carbocycles. The van der Waals surface area contributed by atoms with Crippen molar-refractivity contribution in [1.29, 1.82) is 0 Å². The van der Waals surface area contributed by atoms with Crippen LogP contribution in [0.2, 0.25) is 0 Å². The highest BCUT2D eigenvalue weighted by Crippen LogP contribution is 2.07. The van der Waals surface area contributed by atoms with Crippen molar-refractivity contribution >= 4 is 10.0 Å². The molecule has 0 aliphatic heterocycles. The van der Waals surface area contributed by atoms with Crippen LogP contribution in [0.4, 0.5) is 0 Å². The Labute approximate surface area is 117 Å². The van der Waals surface area contributed by atoms with Gasteiger partial charge in [-0.25, -0.2) is 13.1 Å². The Morgan fingerprint density at radius 1 is 1.30 bits per heavy atom. The minimum atomic E-state index is -3.52. The zero-order chi connectivity index (χ0) is 14.4. The predicted molar refractivity (Wildman–Crippen MR) is 74.4 cm³/mol. The molecule has 7 nitrogen and oxygen atoms in total. The molecule has 0 atom stereocenters. The van der Waals surface area contributed by atoms with E-state index in [4.69, 9.17) is 5.73 Å². The molecule has 2 rings (SSSR count). The van der Waals surface area contributed by atoms with Crippen LogP contribution >= 0.6 is 0 Å². The highest BCUT2D eigenvalue weighted by atomic mass is 32.2. The number of aromatic nitrogens is 3. The summed E-state index contributed by atoms with van der Waals surface area (Å²) in [6.45, 7) is 1.23. The van der Waals surface area contributed by atoms with Gasteiger partial charge in [0.15, 0.2) is 0 Å². The van der Waals surface area contributed by atoms with Crippen molar-refractivity contribution in [3.63, 3.8) is 0 Å². The summed E-state index contributed by atoms with van der Waals surface area (Å²) in [7, 11) is -3.52. The number of pyridine rings is 1. The Morgan fingerprint density at radius 2 is 2.05 bits per heavy atom. The molecule has 8 heteroatoms. The number of nitrogens with two attached hydrogens (primary N) is 1. The molecular formula is C12H17N5O2S. The molecular weight excluding hydrogens is 278 g/mol. The lowest BCUT2D eigenvalue weighted by Crippen LogP contribution is -2.25. The third-order valence-electron chi connectivity index (χ3n) is 2.73. The second-order valence-electron chi connectivity index (χ2n) is 4.23. The van der Waals surface area contributed by atoms with Crippen molar-refractivity contribution in [3.05, 3.63) is 42.5 Å². The van der Waals surface area contributed by atoms with Crippen molar-refractivity contribution in [3.8, 4) is 0 Å². The third kappa shape index (κ3) is 3.86. The zero-order valence-corrected chi connectivity index (χ0v) is 11.8. The molecule has 0 saturated carbocycles. The SMILES string of the molecule is NCCn1cc(S(=O)(=O)NCCc2ccncc2)cn1. The Bertz CT molecular complexity index is 639. The summed E-state index contributed by atoms with van der Waals surface area (Å²) in [5.41, 5.74) is 6.42. The van der Waals surface area contributed by atoms with Crippen LogP contribution in [0.1, 0.15) is 5.56 Å². The lowest BCUT2D eigenvalue weighted by Gasteiger charge is -2.04. The highest BCUT2D eigenvalue weighted by molar-refractivity contribution is 7.89. The summed E-state index contributed by atoms with van der Waals surface area (Å²) in [4.78, 5) is 4.06. The zero-order valence-electron chi connectivity index (χ0n) is 10.9. The molecule has 108 valence electrons. The van der Waals surface area contributed by atoms with Crippen molar-refractivity contribution in [2.45, 2.75) is 17.9 Å². The molecule has 2 heterocycles. The average Bonchev–Trinajstić information content (AvgIpc) is 2.90. The van der Waals surface area contributed by atoms with Crippen LogP contribution in [0.3, 0.4) is 0 Å². The fraction of sp³-hybridized carbons (Fsp3) is 0.333. The summed E-state index contributed by atoms with van der Waals surface area (Å²) in [5, 5.41) is 3.95. The van der Waals surface area contributed by atoms with E-state index in [0.29, 0.717) is 26.1 Å². The van der Waals surface area contributed by atoms with E-state index < -0.39 is 10.0 Å². The Balaban J connectivity index is 1.93. The van der Waals surface area contributed by atoms with E-state index >= 15 is 0 Å². The van der Waals surface area contributed by atoms with Crippen LogP contribution in [0, 0.1) is 0 Å². The largest absolute Gasteiger partial charge is 0.329 e. The van der Waals surface area contributed by atoms with Crippen LogP contribution in [0.25, 0.3) is 0 Å². The van der Waals surface area contributed by atoms with Gasteiger partial charge in [-0.3, -0.25) is 9.67 Å². The lowest BCUT2D eigenvalue weighted by molar-refractivity contribution is 0.580. The Kier molecular flexibility index (Phi) is 4.83. The predicted octanol–water partition coefficient (Wildman–Crippen LogP) is -0.242. The number of nitrogens with one attached hydrogen (secondary N) is 1. The molecule has 2 aromatic heterocycles. The van der Waals surface area contributed by atoms with E-state index in [0.717, 1.165) is 5.56 Å². The second kappa shape index (κ2) is 6.60. The average molecular weight is 295 g/mol. The van der Waals surface area contributed by atoms with E-state index in [9.17, 15) is 8.42 Å². The van der Waals surface area contributed by atoms with Gasteiger partial charge >= 0.3 is 0 Å². The van der Waals surface area contributed by atoms with Gasteiger partial charge < -0.3 is 5.73 Å². The normalized spacial score (nSPS) is 11.7. The van der Waals surface area contributed by atoms with Crippen LogP contribution in [-0.4, -0.2) is 36.3 Å². The molecule has 0 fully saturated rings. The van der Waals surface area contributed by atoms with Gasteiger partial charge in [0.1, 0.15) is 4.90 Å². The molecule has 20 heavy (non-hydrogen) atoms. The first kappa shape index (κ1) is 14.6. The lowest BCUT2D eigenvalue weighted by atomic mass is 10.2. The fourth-order valence-corrected chi connectivity index (χ4v) is 2.68. The topological polar surface area (TPSA) is 103 Å². The molecule has 0 spiro atoms. The second-order valence-corrected chi connectivity index (χ2v) is 6.00. The molecule has 0 unspecified atom stereocenters. The van der Waals surface area contributed by atoms with E-state index in [1.807, 2.05) is 12.1 Å². The quantitative estimate of drug-likeness (QED) is 0.733. The molecule has 0 saturated heterocycles. The maximum Gasteiger partial charge on any atom is 0.243 e. The summed E-state index contributed by atoms with van der Waals surface area (Å²) in [6, 6.07) is 3.71. The highest BCUT2D eigenvalue weighted by Gasteiger charge is 2.15. The molecule has 3 N–H and O–H groups in total. The number of hydrogen-bond donors (Lipinski definition) is 2. The summed E-state index contributed by atoms with van der Waals surface area (Å²) < 4.78 is 28.1. The Morgan fingerprint density at radius 3 is 2.75 bits per heavy atom. The maximum absolute atomic E-state index is 12.0. The number of rotatable bonds is 7. The molecule has 2 aromatic rings. The summed E-state index contributed by atoms with van der Waals surface area (Å²) >= 11 is 0. The smallest absolute Gasteiger partial charge is 0.243 e. The molecule has 0 aliphatic rings. The summed E-state index contributed by atoms with van der Waals surface area (Å²) in [6.07, 6.45) is 6.77. The van der Waals surface area contributed by atoms with Gasteiger partial charge in [0.2, 0.25) is 10.0 Å². The van der Waals surface area contributed by atoms with E-state index in [1.165, 1.54) is 17.1 Å². The van der Waals surface area contributed by atoms with Crippen LogP contribution in [0.5, 0.6) is 0 Å². The van der Waals surface area contributed by atoms with Crippen molar-refractivity contribution in [2.75, 3.05) is 13.1 Å². The van der Waals surface area contributed by atoms with Gasteiger partial charge in [0, 0.05) is 31.7 Å². The van der Waals surface area contributed by atoms with Gasteiger partial charge in [-0.2, -0.15) is 5.10 Å². The number of sulfonamides is 1. The fourth-order valence-electron chi connectivity index (χ4n) is 1.70. The van der Waals surface area contributed by atoms with Crippen molar-refractivity contribution in [2.24, 2.45) is 5.73 Å². The minimum Gasteiger partial charge on any atom is -0.329 e. The molecule has 0 radical (unpaired) electrons. The van der Waals surface area contributed by atoms with Gasteiger partial charge in [-0.05, 0) is 24.1 Å². The van der Waals surface area contributed by atoms with Gasteiger partial charge in [0.25, 0.3) is 0 Å². The minimum absolute atomic E-state index is 0.153. The van der Waals surface area contributed by atoms with Crippen molar-refractivity contribution < 1.29 is 8.42 Å². The van der Waals surface area contributed by atoms with E-state index in [-0.39, 0.29) is 4.90 Å². The van der Waals surface area contributed by atoms with Crippen LogP contribution in [0.15, 0.2) is 41.8 Å². The molecule has 0 bridgehead atoms. The van der Waals surface area contributed by atoms with Crippen LogP contribution < -0.4 is 10.5 Å². The number of hydrogen-bond acceptors (Lipinski definition) is 5. The first-order chi connectivity index (χ1) is 9.62. The maximum atomic E-state index is 12.0. The van der Waals surface area contributed by atoms with Gasteiger partial charge in [-0.15, -0.1) is 0 Å². The van der Waals surface area contributed by atoms with Gasteiger partial charge in [0.05, 0.1) is 12.7 Å². The molecule has 0 aromatic carbocycles. The monoisotopic (exact) mass is 295 g/mol. The first-order valence-corrected chi connectivity index (χ1v) is 7.71. The third-order valence-corrected chi connectivity index (χ3v) is 4.15. The number of nitrogens with zero attached hydrogens (tertiary/aromatic N) is 3. The Hall–Kier alpha value is -1.77. The first-order valence-electron chi connectivity index (χ1n) is 6.23. The van der Waals surface area contributed by atoms with E-state index in [1.54, 1.807) is 12.4 Å². The van der Waals surface area contributed by atoms with Gasteiger partial charge in [-0.1, -0.05) is 0 Å². The molecule has 0 amide bonds. The summed E-state index contributed by atoms with van der Waals surface area (Å²) in [5.74, 6) is 0. The van der Waals surface area contributed by atoms with E-state index in [2.05, 4.69) is 14.8 Å².